The number of hydrogen-bond acceptors (Lipinski definition) is 3. The maximum Gasteiger partial charge on any atom is 0.341 e. The Hall–Kier alpha value is -2.56. The number of aromatic nitrogens is 1. The molecule has 0 unspecified atom stereocenters. The van der Waals surface area contributed by atoms with E-state index < -0.39 is 5.97 Å². The number of carbonyl (C=O) groups excluding carboxylic acids is 2. The van der Waals surface area contributed by atoms with Crippen molar-refractivity contribution >= 4 is 28.4 Å². The molecule has 5 nitrogen and oxygen atoms in total. The predicted molar refractivity (Wildman–Crippen MR) is 88.7 cm³/mol. The third-order valence-corrected chi connectivity index (χ3v) is 4.21. The molecule has 0 saturated heterocycles. The Balaban J connectivity index is 2.21. The van der Waals surface area contributed by atoms with Crippen molar-refractivity contribution in [2.45, 2.75) is 27.2 Å². The molecule has 1 aliphatic heterocycles. The van der Waals surface area contributed by atoms with Crippen molar-refractivity contribution in [1.29, 1.82) is 0 Å². The lowest BCUT2D eigenvalue weighted by Crippen LogP contribution is -2.25. The highest BCUT2D eigenvalue weighted by molar-refractivity contribution is 6.18. The first-order chi connectivity index (χ1) is 11.0. The summed E-state index contributed by atoms with van der Waals surface area (Å²) in [4.78, 5) is 29.1. The Labute approximate surface area is 134 Å². The lowest BCUT2D eigenvalue weighted by Gasteiger charge is -2.15. The van der Waals surface area contributed by atoms with E-state index in [1.165, 1.54) is 6.92 Å². The highest BCUT2D eigenvalue weighted by Gasteiger charge is 2.26. The molecule has 0 radical (unpaired) electrons. The first-order valence-electron chi connectivity index (χ1n) is 7.79. The van der Waals surface area contributed by atoms with Gasteiger partial charge in [-0.1, -0.05) is 18.2 Å². The van der Waals surface area contributed by atoms with Gasteiger partial charge in [0.1, 0.15) is 0 Å². The average molecular weight is 312 g/mol. The van der Waals surface area contributed by atoms with Crippen LogP contribution in [0.5, 0.6) is 0 Å². The molecule has 1 aromatic carbocycles. The van der Waals surface area contributed by atoms with Crippen molar-refractivity contribution in [2.24, 2.45) is 0 Å². The Kier molecular flexibility index (Phi) is 3.94. The Bertz CT molecular complexity index is 817. The minimum absolute atomic E-state index is 0.0857. The number of aryl methyl sites for hydroxylation is 1. The minimum atomic E-state index is -0.411. The van der Waals surface area contributed by atoms with Crippen molar-refractivity contribution in [2.75, 3.05) is 13.2 Å². The molecule has 0 saturated carbocycles. The molecule has 1 N–H and O–H groups in total. The zero-order chi connectivity index (χ0) is 16.6. The molecule has 0 aliphatic carbocycles. The van der Waals surface area contributed by atoms with Crippen LogP contribution in [0.15, 0.2) is 24.4 Å². The van der Waals surface area contributed by atoms with Crippen LogP contribution >= 0.6 is 0 Å². The number of H-pyrrole nitrogens is 1. The number of nitrogens with zero attached hydrogens (tertiary/aromatic N) is 1. The van der Waals surface area contributed by atoms with E-state index in [0.29, 0.717) is 25.1 Å². The highest BCUT2D eigenvalue weighted by atomic mass is 16.5. The molecule has 23 heavy (non-hydrogen) atoms. The number of ether oxygens (including phenoxy) is 1. The number of benzene rings is 1. The Morgan fingerprint density at radius 3 is 2.83 bits per heavy atom. The van der Waals surface area contributed by atoms with Crippen molar-refractivity contribution in [3.05, 3.63) is 41.2 Å². The molecule has 0 atom stereocenters. The summed E-state index contributed by atoms with van der Waals surface area (Å²) in [5, 5.41) is 1.10. The van der Waals surface area contributed by atoms with Crippen LogP contribution in [0.3, 0.4) is 0 Å². The fourth-order valence-electron chi connectivity index (χ4n) is 3.04. The van der Waals surface area contributed by atoms with Gasteiger partial charge in [0, 0.05) is 30.6 Å². The maximum absolute atomic E-state index is 12.4. The summed E-state index contributed by atoms with van der Waals surface area (Å²) in [6, 6.07) is 6.09. The first kappa shape index (κ1) is 15.3. The second-order valence-electron chi connectivity index (χ2n) is 5.70. The standard InChI is InChI=1S/C18H20N2O3/c1-4-23-18(22)15-10-20(12(3)21)9-8-14-13-7-5-6-11(2)16(13)19-17(14)15/h5-7,10,19H,4,8-9H2,1-3H3. The van der Waals surface area contributed by atoms with Gasteiger partial charge in [0.05, 0.1) is 17.9 Å². The fraction of sp³-hybridized carbons (Fsp3) is 0.333. The van der Waals surface area contributed by atoms with Gasteiger partial charge in [-0.15, -0.1) is 0 Å². The van der Waals surface area contributed by atoms with Gasteiger partial charge in [-0.05, 0) is 31.4 Å². The largest absolute Gasteiger partial charge is 0.462 e. The number of rotatable bonds is 2. The third-order valence-electron chi connectivity index (χ3n) is 4.21. The summed E-state index contributed by atoms with van der Waals surface area (Å²) >= 11 is 0. The van der Waals surface area contributed by atoms with Gasteiger partial charge in [0.25, 0.3) is 0 Å². The zero-order valence-electron chi connectivity index (χ0n) is 13.6. The van der Waals surface area contributed by atoms with Gasteiger partial charge in [-0.2, -0.15) is 0 Å². The lowest BCUT2D eigenvalue weighted by molar-refractivity contribution is -0.136. The number of para-hydroxylation sites is 1. The second kappa shape index (κ2) is 5.91. The van der Waals surface area contributed by atoms with E-state index in [-0.39, 0.29) is 5.91 Å². The quantitative estimate of drug-likeness (QED) is 0.867. The molecular weight excluding hydrogens is 292 g/mol. The Morgan fingerprint density at radius 1 is 1.35 bits per heavy atom. The maximum atomic E-state index is 12.4. The number of nitrogens with one attached hydrogen (secondary N) is 1. The number of carbonyl (C=O) groups is 2. The summed E-state index contributed by atoms with van der Waals surface area (Å²) in [7, 11) is 0. The first-order valence-corrected chi connectivity index (χ1v) is 7.79. The Morgan fingerprint density at radius 2 is 2.13 bits per heavy atom. The van der Waals surface area contributed by atoms with Crippen LogP contribution in [-0.4, -0.2) is 34.9 Å². The lowest BCUT2D eigenvalue weighted by atomic mass is 10.0. The predicted octanol–water partition coefficient (Wildman–Crippen LogP) is 2.78. The minimum Gasteiger partial charge on any atom is -0.462 e. The number of esters is 1. The summed E-state index contributed by atoms with van der Waals surface area (Å²) < 4.78 is 5.18. The van der Waals surface area contributed by atoms with Crippen molar-refractivity contribution in [3.63, 3.8) is 0 Å². The topological polar surface area (TPSA) is 62.4 Å². The molecule has 5 heteroatoms. The van der Waals surface area contributed by atoms with E-state index in [1.807, 2.05) is 25.1 Å². The van der Waals surface area contributed by atoms with Crippen molar-refractivity contribution < 1.29 is 14.3 Å². The summed E-state index contributed by atoms with van der Waals surface area (Å²) in [6.45, 7) is 6.15. The van der Waals surface area contributed by atoms with E-state index >= 15 is 0 Å². The molecule has 0 fully saturated rings. The molecule has 120 valence electrons. The summed E-state index contributed by atoms with van der Waals surface area (Å²) in [5.41, 5.74) is 4.39. The average Bonchev–Trinajstić information content (AvgIpc) is 2.76. The van der Waals surface area contributed by atoms with Crippen molar-refractivity contribution in [1.82, 2.24) is 9.88 Å². The monoisotopic (exact) mass is 312 g/mol. The van der Waals surface area contributed by atoms with E-state index in [0.717, 1.165) is 27.7 Å². The van der Waals surface area contributed by atoms with Gasteiger partial charge >= 0.3 is 5.97 Å². The van der Waals surface area contributed by atoms with Crippen LogP contribution in [0.1, 0.15) is 30.7 Å². The summed E-state index contributed by atoms with van der Waals surface area (Å²) in [6.07, 6.45) is 2.30. The fourth-order valence-corrected chi connectivity index (χ4v) is 3.04. The SMILES string of the molecule is CCOC(=O)C1=CN(C(C)=O)CCc2c1[nH]c1c(C)cccc21. The third kappa shape index (κ3) is 2.63. The van der Waals surface area contributed by atoms with Crippen LogP contribution in [-0.2, 0) is 20.7 Å². The molecule has 0 bridgehead atoms. The zero-order valence-corrected chi connectivity index (χ0v) is 13.6. The second-order valence-corrected chi connectivity index (χ2v) is 5.70. The van der Waals surface area contributed by atoms with E-state index in [9.17, 15) is 9.59 Å². The molecule has 1 amide bonds. The normalized spacial score (nSPS) is 14.2. The highest BCUT2D eigenvalue weighted by Crippen LogP contribution is 2.32. The molecule has 0 spiro atoms. The van der Waals surface area contributed by atoms with Gasteiger partial charge in [0.2, 0.25) is 5.91 Å². The summed E-state index contributed by atoms with van der Waals surface area (Å²) in [5.74, 6) is -0.497. The molecule has 3 rings (SSSR count). The van der Waals surface area contributed by atoms with Crippen LogP contribution in [0, 0.1) is 6.92 Å². The van der Waals surface area contributed by atoms with Crippen molar-refractivity contribution in [3.8, 4) is 0 Å². The van der Waals surface area contributed by atoms with Crippen LogP contribution in [0.25, 0.3) is 16.5 Å². The molecule has 2 aromatic rings. The molecule has 1 aliphatic rings. The molecular formula is C18H20N2O3. The number of fused-ring (bicyclic) bond motifs is 3. The van der Waals surface area contributed by atoms with Crippen LogP contribution in [0.2, 0.25) is 0 Å². The van der Waals surface area contributed by atoms with E-state index in [4.69, 9.17) is 4.74 Å². The van der Waals surface area contributed by atoms with E-state index in [1.54, 1.807) is 18.0 Å². The number of aromatic amines is 1. The van der Waals surface area contributed by atoms with Gasteiger partial charge in [-0.3, -0.25) is 4.79 Å². The molecule has 2 heterocycles. The van der Waals surface area contributed by atoms with Gasteiger partial charge in [-0.25, -0.2) is 4.79 Å². The van der Waals surface area contributed by atoms with Crippen LogP contribution < -0.4 is 0 Å². The van der Waals surface area contributed by atoms with Crippen LogP contribution in [0.4, 0.5) is 0 Å². The number of amides is 1. The van der Waals surface area contributed by atoms with Gasteiger partial charge < -0.3 is 14.6 Å². The van der Waals surface area contributed by atoms with Gasteiger partial charge in [0.15, 0.2) is 0 Å². The smallest absolute Gasteiger partial charge is 0.341 e. The molecule has 1 aromatic heterocycles. The number of hydrogen-bond donors (Lipinski definition) is 1. The van der Waals surface area contributed by atoms with E-state index in [2.05, 4.69) is 4.98 Å².